The van der Waals surface area contributed by atoms with Crippen LogP contribution in [0.2, 0.25) is 5.02 Å². The van der Waals surface area contributed by atoms with E-state index in [1.807, 2.05) is 24.3 Å². The minimum absolute atomic E-state index is 0.468. The third kappa shape index (κ3) is 3.92. The molecule has 0 spiro atoms. The van der Waals surface area contributed by atoms with Crippen LogP contribution >= 0.6 is 11.6 Å². The van der Waals surface area contributed by atoms with E-state index in [1.54, 1.807) is 0 Å². The van der Waals surface area contributed by atoms with Crippen molar-refractivity contribution in [2.24, 2.45) is 5.73 Å². The van der Waals surface area contributed by atoms with Crippen molar-refractivity contribution in [2.45, 2.75) is 6.61 Å². The first-order valence-electron chi connectivity index (χ1n) is 4.41. The number of ether oxygens (including phenoxy) is 1. The normalized spacial score (nSPS) is 10.1. The molecule has 76 valence electrons. The summed E-state index contributed by atoms with van der Waals surface area (Å²) in [6.45, 7) is 5.26. The van der Waals surface area contributed by atoms with Crippen LogP contribution in [0.1, 0.15) is 5.56 Å². The first-order chi connectivity index (χ1) is 6.72. The topological polar surface area (TPSA) is 35.2 Å². The minimum Gasteiger partial charge on any atom is -0.372 e. The molecule has 0 fully saturated rings. The van der Waals surface area contributed by atoms with Crippen LogP contribution in [0, 0.1) is 0 Å². The molecule has 0 aliphatic heterocycles. The largest absolute Gasteiger partial charge is 0.372 e. The van der Waals surface area contributed by atoms with Gasteiger partial charge in [0, 0.05) is 11.6 Å². The molecule has 0 radical (unpaired) electrons. The number of hydrogen-bond donors (Lipinski definition) is 1. The average molecular weight is 212 g/mol. The lowest BCUT2D eigenvalue weighted by Gasteiger charge is -2.05. The Hall–Kier alpha value is -0.830. The number of rotatable bonds is 5. The highest BCUT2D eigenvalue weighted by atomic mass is 35.5. The second kappa shape index (κ2) is 5.81. The molecule has 0 saturated carbocycles. The van der Waals surface area contributed by atoms with Gasteiger partial charge in [0.05, 0.1) is 13.2 Å². The lowest BCUT2D eigenvalue weighted by Crippen LogP contribution is -2.07. The summed E-state index contributed by atoms with van der Waals surface area (Å²) in [4.78, 5) is 0. The molecular weight excluding hydrogens is 198 g/mol. The van der Waals surface area contributed by atoms with Gasteiger partial charge in [0.1, 0.15) is 0 Å². The van der Waals surface area contributed by atoms with Crippen LogP contribution in [0.5, 0.6) is 0 Å². The van der Waals surface area contributed by atoms with E-state index in [-0.39, 0.29) is 0 Å². The summed E-state index contributed by atoms with van der Waals surface area (Å²) in [7, 11) is 0. The monoisotopic (exact) mass is 211 g/mol. The summed E-state index contributed by atoms with van der Waals surface area (Å²) in [6.07, 6.45) is 0. The molecule has 14 heavy (non-hydrogen) atoms. The first kappa shape index (κ1) is 11.2. The summed E-state index contributed by atoms with van der Waals surface area (Å²) >= 11 is 5.82. The summed E-state index contributed by atoms with van der Waals surface area (Å²) in [6, 6.07) is 7.59. The predicted molar refractivity (Wildman–Crippen MR) is 59.3 cm³/mol. The van der Waals surface area contributed by atoms with E-state index in [0.717, 1.165) is 16.2 Å². The fourth-order valence-corrected chi connectivity index (χ4v) is 1.21. The molecule has 0 saturated heterocycles. The van der Waals surface area contributed by atoms with Crippen molar-refractivity contribution in [3.63, 3.8) is 0 Å². The molecule has 2 N–H and O–H groups in total. The Balaban J connectivity index is 2.35. The molecule has 0 aliphatic rings. The maximum Gasteiger partial charge on any atom is 0.0721 e. The van der Waals surface area contributed by atoms with E-state index in [4.69, 9.17) is 22.1 Å². The molecule has 1 aromatic rings. The Morgan fingerprint density at radius 3 is 2.93 bits per heavy atom. The van der Waals surface area contributed by atoms with Gasteiger partial charge in [-0.1, -0.05) is 30.3 Å². The smallest absolute Gasteiger partial charge is 0.0721 e. The summed E-state index contributed by atoms with van der Waals surface area (Å²) < 4.78 is 5.39. The van der Waals surface area contributed by atoms with Crippen molar-refractivity contribution < 1.29 is 4.74 Å². The van der Waals surface area contributed by atoms with Crippen LogP contribution in [0.3, 0.4) is 0 Å². The van der Waals surface area contributed by atoms with Gasteiger partial charge >= 0.3 is 0 Å². The van der Waals surface area contributed by atoms with Crippen LogP contribution in [0.25, 0.3) is 0 Å². The summed E-state index contributed by atoms with van der Waals surface area (Å²) in [5.41, 5.74) is 7.33. The van der Waals surface area contributed by atoms with E-state index in [9.17, 15) is 0 Å². The Morgan fingerprint density at radius 2 is 2.29 bits per heavy atom. The van der Waals surface area contributed by atoms with Crippen LogP contribution in [0.4, 0.5) is 0 Å². The third-order valence-electron chi connectivity index (χ3n) is 1.75. The zero-order chi connectivity index (χ0) is 10.4. The van der Waals surface area contributed by atoms with E-state index in [2.05, 4.69) is 6.58 Å². The molecular formula is C11H14ClNO. The second-order valence-corrected chi connectivity index (χ2v) is 3.51. The van der Waals surface area contributed by atoms with Crippen molar-refractivity contribution in [2.75, 3.05) is 13.2 Å². The van der Waals surface area contributed by atoms with Gasteiger partial charge in [-0.15, -0.1) is 0 Å². The summed E-state index contributed by atoms with van der Waals surface area (Å²) in [5, 5.41) is 0.726. The number of benzene rings is 1. The molecule has 2 nitrogen and oxygen atoms in total. The Kier molecular flexibility index (Phi) is 4.66. The number of hydrogen-bond acceptors (Lipinski definition) is 2. The van der Waals surface area contributed by atoms with Gasteiger partial charge in [-0.05, 0) is 23.3 Å². The quantitative estimate of drug-likeness (QED) is 0.759. The molecule has 0 atom stereocenters. The highest BCUT2D eigenvalue weighted by Gasteiger charge is 1.95. The van der Waals surface area contributed by atoms with Crippen LogP contribution in [-0.2, 0) is 11.3 Å². The average Bonchev–Trinajstić information content (AvgIpc) is 2.17. The van der Waals surface area contributed by atoms with Crippen LogP contribution in [-0.4, -0.2) is 13.2 Å². The predicted octanol–water partition coefficient (Wildman–Crippen LogP) is 2.37. The fourth-order valence-electron chi connectivity index (χ4n) is 0.999. The van der Waals surface area contributed by atoms with Gasteiger partial charge in [0.2, 0.25) is 0 Å². The van der Waals surface area contributed by atoms with E-state index >= 15 is 0 Å². The van der Waals surface area contributed by atoms with Crippen molar-refractivity contribution in [3.05, 3.63) is 47.0 Å². The Bertz CT molecular complexity index is 312. The van der Waals surface area contributed by atoms with E-state index < -0.39 is 0 Å². The molecule has 0 aromatic heterocycles. The minimum atomic E-state index is 0.468. The Labute approximate surface area is 89.3 Å². The number of halogens is 1. The molecule has 1 rings (SSSR count). The second-order valence-electron chi connectivity index (χ2n) is 3.08. The van der Waals surface area contributed by atoms with Crippen LogP contribution in [0.15, 0.2) is 36.4 Å². The highest BCUT2D eigenvalue weighted by Crippen LogP contribution is 2.11. The molecule has 0 unspecified atom stereocenters. The molecule has 0 bridgehead atoms. The van der Waals surface area contributed by atoms with Gasteiger partial charge in [-0.2, -0.15) is 0 Å². The van der Waals surface area contributed by atoms with E-state index in [0.29, 0.717) is 19.8 Å². The Morgan fingerprint density at radius 1 is 1.50 bits per heavy atom. The fraction of sp³-hybridized carbons (Fsp3) is 0.273. The lowest BCUT2D eigenvalue weighted by molar-refractivity contribution is 0.142. The van der Waals surface area contributed by atoms with Gasteiger partial charge < -0.3 is 10.5 Å². The van der Waals surface area contributed by atoms with Crippen molar-refractivity contribution in [1.29, 1.82) is 0 Å². The summed E-state index contributed by atoms with van der Waals surface area (Å²) in [5.74, 6) is 0. The first-order valence-corrected chi connectivity index (χ1v) is 4.79. The molecule has 1 aromatic carbocycles. The molecule has 3 heteroatoms. The molecule has 0 heterocycles. The highest BCUT2D eigenvalue weighted by molar-refractivity contribution is 6.30. The maximum absolute atomic E-state index is 5.82. The van der Waals surface area contributed by atoms with Gasteiger partial charge in [-0.3, -0.25) is 0 Å². The standard InChI is InChI=1S/C11H14ClNO/c1-9(6-13)7-14-8-10-3-2-4-11(12)5-10/h2-5H,1,6-8,13H2. The van der Waals surface area contributed by atoms with Crippen molar-refractivity contribution in [3.8, 4) is 0 Å². The molecule has 0 aliphatic carbocycles. The SMILES string of the molecule is C=C(CN)COCc1cccc(Cl)c1. The lowest BCUT2D eigenvalue weighted by atomic mass is 10.2. The number of nitrogens with two attached hydrogens (primary N) is 1. The van der Waals surface area contributed by atoms with Gasteiger partial charge in [-0.25, -0.2) is 0 Å². The van der Waals surface area contributed by atoms with Crippen molar-refractivity contribution in [1.82, 2.24) is 0 Å². The molecule has 0 amide bonds. The third-order valence-corrected chi connectivity index (χ3v) is 1.99. The maximum atomic E-state index is 5.82. The van der Waals surface area contributed by atoms with Crippen LogP contribution < -0.4 is 5.73 Å². The zero-order valence-corrected chi connectivity index (χ0v) is 8.76. The van der Waals surface area contributed by atoms with Gasteiger partial charge in [0.15, 0.2) is 0 Å². The van der Waals surface area contributed by atoms with E-state index in [1.165, 1.54) is 0 Å². The van der Waals surface area contributed by atoms with Crippen molar-refractivity contribution >= 4 is 11.6 Å². The van der Waals surface area contributed by atoms with Gasteiger partial charge in [0.25, 0.3) is 0 Å². The zero-order valence-electron chi connectivity index (χ0n) is 8.00.